The second-order valence-electron chi connectivity index (χ2n) is 4.56. The highest BCUT2D eigenvalue weighted by Crippen LogP contribution is 2.10. The van der Waals surface area contributed by atoms with Crippen molar-refractivity contribution < 1.29 is 9.18 Å². The van der Waals surface area contributed by atoms with Gasteiger partial charge < -0.3 is 11.1 Å². The van der Waals surface area contributed by atoms with E-state index < -0.39 is 0 Å². The van der Waals surface area contributed by atoms with E-state index in [4.69, 9.17) is 5.73 Å². The summed E-state index contributed by atoms with van der Waals surface area (Å²) in [7, 11) is 0. The van der Waals surface area contributed by atoms with Crippen LogP contribution in [0.2, 0.25) is 0 Å². The van der Waals surface area contributed by atoms with Gasteiger partial charge in [-0.1, -0.05) is 12.1 Å². The first-order valence-corrected chi connectivity index (χ1v) is 6.27. The van der Waals surface area contributed by atoms with Gasteiger partial charge in [0, 0.05) is 31.0 Å². The summed E-state index contributed by atoms with van der Waals surface area (Å²) in [4.78, 5) is 15.9. The molecule has 0 saturated carbocycles. The monoisotopic (exact) mass is 273 g/mol. The summed E-state index contributed by atoms with van der Waals surface area (Å²) in [6.07, 6.45) is 3.15. The number of aromatic nitrogens is 1. The van der Waals surface area contributed by atoms with Crippen molar-refractivity contribution in [2.45, 2.75) is 20.0 Å². The van der Waals surface area contributed by atoms with E-state index in [0.29, 0.717) is 17.7 Å². The molecule has 0 unspecified atom stereocenters. The molecular formula is C15H16FN3O. The number of nitrogens with zero attached hydrogens (tertiary/aromatic N) is 1. The minimum atomic E-state index is -0.365. The predicted octanol–water partition coefficient (Wildman–Crippen LogP) is 1.92. The van der Waals surface area contributed by atoms with Gasteiger partial charge in [0.25, 0.3) is 5.91 Å². The first-order valence-electron chi connectivity index (χ1n) is 6.27. The smallest absolute Gasteiger partial charge is 0.253 e. The lowest BCUT2D eigenvalue weighted by molar-refractivity contribution is 0.0950. The van der Waals surface area contributed by atoms with Gasteiger partial charge in [0.1, 0.15) is 5.82 Å². The number of rotatable bonds is 4. The van der Waals surface area contributed by atoms with E-state index in [2.05, 4.69) is 10.3 Å². The lowest BCUT2D eigenvalue weighted by Crippen LogP contribution is -2.23. The molecule has 0 aliphatic heterocycles. The number of hydrogen-bond acceptors (Lipinski definition) is 3. The summed E-state index contributed by atoms with van der Waals surface area (Å²) in [6, 6.07) is 6.50. The normalized spacial score (nSPS) is 10.3. The Kier molecular flexibility index (Phi) is 4.42. The summed E-state index contributed by atoms with van der Waals surface area (Å²) in [5.74, 6) is -0.640. The third-order valence-corrected chi connectivity index (χ3v) is 2.93. The summed E-state index contributed by atoms with van der Waals surface area (Å²) in [5, 5.41) is 2.67. The maximum Gasteiger partial charge on any atom is 0.253 e. The number of halogens is 1. The molecule has 2 aromatic rings. The Morgan fingerprint density at radius 1 is 1.35 bits per heavy atom. The standard InChI is InChI=1S/C15H16FN3O/c1-10-4-13(8-18-7-10)15(20)19-9-12-3-2-11(6-17)5-14(12)16/h2-5,7-8H,6,9,17H2,1H3,(H,19,20). The zero-order valence-electron chi connectivity index (χ0n) is 11.2. The van der Waals surface area contributed by atoms with Crippen LogP contribution in [-0.4, -0.2) is 10.9 Å². The van der Waals surface area contributed by atoms with E-state index in [1.54, 1.807) is 24.4 Å². The number of nitrogens with two attached hydrogens (primary N) is 1. The predicted molar refractivity (Wildman–Crippen MR) is 74.4 cm³/mol. The van der Waals surface area contributed by atoms with Crippen LogP contribution in [0.25, 0.3) is 0 Å². The topological polar surface area (TPSA) is 68.0 Å². The Hall–Kier alpha value is -2.27. The Morgan fingerprint density at radius 2 is 2.15 bits per heavy atom. The Bertz CT molecular complexity index is 628. The van der Waals surface area contributed by atoms with E-state index in [1.807, 2.05) is 6.92 Å². The maximum atomic E-state index is 13.7. The summed E-state index contributed by atoms with van der Waals surface area (Å²) < 4.78 is 13.7. The van der Waals surface area contributed by atoms with Gasteiger partial charge in [0.15, 0.2) is 0 Å². The molecule has 0 bridgehead atoms. The lowest BCUT2D eigenvalue weighted by Gasteiger charge is -2.08. The van der Waals surface area contributed by atoms with Crippen LogP contribution < -0.4 is 11.1 Å². The van der Waals surface area contributed by atoms with Crippen molar-refractivity contribution >= 4 is 5.91 Å². The van der Waals surface area contributed by atoms with Crippen molar-refractivity contribution in [2.75, 3.05) is 0 Å². The molecule has 20 heavy (non-hydrogen) atoms. The molecular weight excluding hydrogens is 257 g/mol. The molecule has 1 amide bonds. The highest BCUT2D eigenvalue weighted by molar-refractivity contribution is 5.93. The molecule has 1 aromatic heterocycles. The van der Waals surface area contributed by atoms with Gasteiger partial charge >= 0.3 is 0 Å². The molecule has 2 rings (SSSR count). The van der Waals surface area contributed by atoms with Crippen molar-refractivity contribution in [1.82, 2.24) is 10.3 Å². The summed E-state index contributed by atoms with van der Waals surface area (Å²) in [6.45, 7) is 2.27. The fraction of sp³-hybridized carbons (Fsp3) is 0.200. The number of benzene rings is 1. The number of carbonyl (C=O) groups excluding carboxylic acids is 1. The average molecular weight is 273 g/mol. The molecule has 3 N–H and O–H groups in total. The van der Waals surface area contributed by atoms with Crippen LogP contribution in [-0.2, 0) is 13.1 Å². The van der Waals surface area contributed by atoms with Crippen LogP contribution in [0.1, 0.15) is 27.0 Å². The number of amides is 1. The summed E-state index contributed by atoms with van der Waals surface area (Å²) in [5.41, 5.74) is 7.95. The Morgan fingerprint density at radius 3 is 2.80 bits per heavy atom. The van der Waals surface area contributed by atoms with Crippen LogP contribution >= 0.6 is 0 Å². The SMILES string of the molecule is Cc1cncc(C(=O)NCc2ccc(CN)cc2F)c1. The number of pyridine rings is 1. The van der Waals surface area contributed by atoms with Gasteiger partial charge in [-0.05, 0) is 30.2 Å². The minimum absolute atomic E-state index is 0.128. The number of nitrogens with one attached hydrogen (secondary N) is 1. The molecule has 0 aliphatic carbocycles. The zero-order valence-corrected chi connectivity index (χ0v) is 11.2. The van der Waals surface area contributed by atoms with Gasteiger partial charge in [0.2, 0.25) is 0 Å². The quantitative estimate of drug-likeness (QED) is 0.894. The van der Waals surface area contributed by atoms with E-state index in [1.165, 1.54) is 12.3 Å². The highest BCUT2D eigenvalue weighted by Gasteiger charge is 2.08. The van der Waals surface area contributed by atoms with Gasteiger partial charge in [-0.25, -0.2) is 4.39 Å². The van der Waals surface area contributed by atoms with Gasteiger partial charge in [-0.15, -0.1) is 0 Å². The van der Waals surface area contributed by atoms with Crippen LogP contribution in [0, 0.1) is 12.7 Å². The molecule has 0 radical (unpaired) electrons. The molecule has 1 aromatic carbocycles. The number of aryl methyl sites for hydroxylation is 1. The van der Waals surface area contributed by atoms with E-state index in [0.717, 1.165) is 11.1 Å². The van der Waals surface area contributed by atoms with Crippen LogP contribution in [0.4, 0.5) is 4.39 Å². The molecule has 0 saturated heterocycles. The van der Waals surface area contributed by atoms with Crippen LogP contribution in [0.5, 0.6) is 0 Å². The molecule has 1 heterocycles. The largest absolute Gasteiger partial charge is 0.348 e. The second kappa shape index (κ2) is 6.25. The van der Waals surface area contributed by atoms with Crippen molar-refractivity contribution in [3.63, 3.8) is 0 Å². The van der Waals surface area contributed by atoms with Gasteiger partial charge in [-0.3, -0.25) is 9.78 Å². The van der Waals surface area contributed by atoms with Crippen molar-refractivity contribution in [3.8, 4) is 0 Å². The van der Waals surface area contributed by atoms with Gasteiger partial charge in [0.05, 0.1) is 5.56 Å². The molecule has 0 fully saturated rings. The molecule has 4 nitrogen and oxygen atoms in total. The molecule has 0 atom stereocenters. The second-order valence-corrected chi connectivity index (χ2v) is 4.56. The molecule has 0 spiro atoms. The van der Waals surface area contributed by atoms with E-state index in [9.17, 15) is 9.18 Å². The first-order chi connectivity index (χ1) is 9.60. The van der Waals surface area contributed by atoms with Crippen LogP contribution in [0.3, 0.4) is 0 Å². The molecule has 0 aliphatic rings. The highest BCUT2D eigenvalue weighted by atomic mass is 19.1. The fourth-order valence-corrected chi connectivity index (χ4v) is 1.82. The fourth-order valence-electron chi connectivity index (χ4n) is 1.82. The van der Waals surface area contributed by atoms with E-state index in [-0.39, 0.29) is 18.3 Å². The Labute approximate surface area is 116 Å². The number of carbonyl (C=O) groups is 1. The number of hydrogen-bond donors (Lipinski definition) is 2. The van der Waals surface area contributed by atoms with Crippen LogP contribution in [0.15, 0.2) is 36.7 Å². The first kappa shape index (κ1) is 14.1. The maximum absolute atomic E-state index is 13.7. The minimum Gasteiger partial charge on any atom is -0.348 e. The zero-order chi connectivity index (χ0) is 14.5. The van der Waals surface area contributed by atoms with Crippen molar-refractivity contribution in [2.24, 2.45) is 5.73 Å². The molecule has 104 valence electrons. The van der Waals surface area contributed by atoms with Gasteiger partial charge in [-0.2, -0.15) is 0 Å². The third-order valence-electron chi connectivity index (χ3n) is 2.93. The lowest BCUT2D eigenvalue weighted by atomic mass is 10.1. The summed E-state index contributed by atoms with van der Waals surface area (Å²) >= 11 is 0. The van der Waals surface area contributed by atoms with Crippen molar-refractivity contribution in [3.05, 3.63) is 64.7 Å². The Balaban J connectivity index is 2.03. The third kappa shape index (κ3) is 3.39. The van der Waals surface area contributed by atoms with Crippen molar-refractivity contribution in [1.29, 1.82) is 0 Å². The average Bonchev–Trinajstić information content (AvgIpc) is 2.45. The molecule has 5 heteroatoms. The van der Waals surface area contributed by atoms with E-state index >= 15 is 0 Å².